The van der Waals surface area contributed by atoms with Gasteiger partial charge in [0.15, 0.2) is 0 Å². The van der Waals surface area contributed by atoms with Crippen LogP contribution in [0.3, 0.4) is 0 Å². The minimum atomic E-state index is -0.444. The molecular weight excluding hydrogens is 704 g/mol. The quantitative estimate of drug-likeness (QED) is 0.135. The van der Waals surface area contributed by atoms with Crippen LogP contribution in [-0.2, 0) is 0 Å². The summed E-state index contributed by atoms with van der Waals surface area (Å²) in [6, 6.07) is 12.9. The Morgan fingerprint density at radius 3 is 0.750 bits per heavy atom. The van der Waals surface area contributed by atoms with E-state index in [1.165, 1.54) is 33.4 Å². The summed E-state index contributed by atoms with van der Waals surface area (Å²) in [6.45, 7) is 38.3. The second kappa shape index (κ2) is 15.2. The molecule has 0 saturated heterocycles. The first-order valence-corrected chi connectivity index (χ1v) is 24.8. The van der Waals surface area contributed by atoms with Crippen molar-refractivity contribution in [1.29, 1.82) is 0 Å². The molecular formula is C42H61GeI. The van der Waals surface area contributed by atoms with E-state index in [4.69, 9.17) is 0 Å². The Morgan fingerprint density at radius 2 is 0.568 bits per heavy atom. The normalized spacial score (nSPS) is 12.6. The zero-order valence-corrected chi connectivity index (χ0v) is 35.1. The summed E-state index contributed by atoms with van der Waals surface area (Å²) in [4.78, 5) is 0. The maximum absolute atomic E-state index is 2.81. The van der Waals surface area contributed by atoms with Crippen LogP contribution < -0.4 is 4.40 Å². The molecule has 0 aromatic heterocycles. The van der Waals surface area contributed by atoms with Crippen LogP contribution in [0.25, 0.3) is 22.3 Å². The van der Waals surface area contributed by atoms with E-state index in [1.54, 1.807) is 37.8 Å². The van der Waals surface area contributed by atoms with Gasteiger partial charge in [0.1, 0.15) is 0 Å². The zero-order chi connectivity index (χ0) is 33.4. The molecule has 0 spiro atoms. The van der Waals surface area contributed by atoms with E-state index in [1.807, 2.05) is 0 Å². The van der Waals surface area contributed by atoms with E-state index >= 15 is 0 Å². The van der Waals surface area contributed by atoms with Crippen LogP contribution in [0.1, 0.15) is 203 Å². The van der Waals surface area contributed by atoms with Gasteiger partial charge in [-0.15, -0.1) is 0 Å². The molecule has 0 N–H and O–H groups in total. The molecule has 0 heterocycles. The second-order valence-corrected chi connectivity index (χ2v) is 19.9. The molecule has 0 aliphatic heterocycles. The van der Waals surface area contributed by atoms with Crippen molar-refractivity contribution in [3.8, 4) is 22.3 Å². The van der Waals surface area contributed by atoms with E-state index in [0.29, 0.717) is 47.3 Å². The third-order valence-electron chi connectivity index (χ3n) is 9.49. The standard InChI is InChI=1S/C42H61GeI/c1-22(2)30-17-32(24(5)6)38(33(18-30)25(7)8)40-36(28(13)14)21-37(29(15)16)41(42(40)43-44)39-34(26(9)10)19-31(23(3)4)20-35(39)27(11)12/h17-29H,1-16H3. The van der Waals surface area contributed by atoms with Crippen molar-refractivity contribution >= 4 is 36.7 Å². The van der Waals surface area contributed by atoms with Gasteiger partial charge in [0.05, 0.1) is 0 Å². The van der Waals surface area contributed by atoms with E-state index in [9.17, 15) is 0 Å². The van der Waals surface area contributed by atoms with Crippen LogP contribution in [0.2, 0.25) is 0 Å². The van der Waals surface area contributed by atoms with Gasteiger partial charge in [0.25, 0.3) is 0 Å². The summed E-state index contributed by atoms with van der Waals surface area (Å²) in [5.74, 6) is 3.76. The van der Waals surface area contributed by atoms with Gasteiger partial charge in [0.2, 0.25) is 0 Å². The predicted octanol–water partition coefficient (Wildman–Crippen LogP) is 13.7. The summed E-state index contributed by atoms with van der Waals surface area (Å²) >= 11 is 2.37. The SMILES string of the molecule is CC(C)c1cc(C(C)C)c(-c2c(C(C)C)cc(C(C)C)c(-c3c(C(C)C)cc(C(C)C)cc3C(C)C)[c]2[Ge][I])c(C(C)C)c1. The molecule has 3 aromatic carbocycles. The van der Waals surface area contributed by atoms with Crippen molar-refractivity contribution in [2.75, 3.05) is 0 Å². The molecule has 3 rings (SSSR count). The number of benzene rings is 3. The molecule has 0 saturated carbocycles. The fourth-order valence-electron chi connectivity index (χ4n) is 6.76. The summed E-state index contributed by atoms with van der Waals surface area (Å²) in [7, 11) is 0. The molecule has 2 heteroatoms. The Kier molecular flexibility index (Phi) is 12.9. The van der Waals surface area contributed by atoms with Gasteiger partial charge < -0.3 is 0 Å². The summed E-state index contributed by atoms with van der Waals surface area (Å²) in [5.41, 5.74) is 18.4. The predicted molar refractivity (Wildman–Crippen MR) is 209 cm³/mol. The molecule has 0 aliphatic carbocycles. The van der Waals surface area contributed by atoms with Crippen LogP contribution in [0.15, 0.2) is 30.3 Å². The van der Waals surface area contributed by atoms with Crippen molar-refractivity contribution < 1.29 is 0 Å². The van der Waals surface area contributed by atoms with Gasteiger partial charge in [-0.25, -0.2) is 0 Å². The monoisotopic (exact) mass is 766 g/mol. The van der Waals surface area contributed by atoms with Gasteiger partial charge in [-0.2, -0.15) is 0 Å². The molecule has 44 heavy (non-hydrogen) atoms. The third-order valence-corrected chi connectivity index (χ3v) is 13.7. The average Bonchev–Trinajstić information content (AvgIpc) is 2.93. The van der Waals surface area contributed by atoms with E-state index in [-0.39, 0.29) is 0 Å². The van der Waals surface area contributed by atoms with E-state index in [2.05, 4.69) is 161 Å². The molecule has 0 unspecified atom stereocenters. The maximum atomic E-state index is 2.81. The molecule has 0 nitrogen and oxygen atoms in total. The first-order valence-electron chi connectivity index (χ1n) is 17.4. The Morgan fingerprint density at radius 1 is 0.341 bits per heavy atom. The molecule has 0 bridgehead atoms. The Labute approximate surface area is 290 Å². The van der Waals surface area contributed by atoms with Gasteiger partial charge in [-0.05, 0) is 0 Å². The van der Waals surface area contributed by atoms with E-state index in [0.717, 1.165) is 0 Å². The molecule has 0 fully saturated rings. The first-order chi connectivity index (χ1) is 20.4. The zero-order valence-electron chi connectivity index (χ0n) is 30.9. The summed E-state index contributed by atoms with van der Waals surface area (Å²) < 4.78 is 1.67. The van der Waals surface area contributed by atoms with Crippen LogP contribution in [-0.4, -0.2) is 12.1 Å². The number of halogens is 1. The Hall–Kier alpha value is -1.07. The van der Waals surface area contributed by atoms with Crippen LogP contribution in [0.5, 0.6) is 0 Å². The van der Waals surface area contributed by atoms with Gasteiger partial charge >= 0.3 is 292 Å². The number of hydrogen-bond acceptors (Lipinski definition) is 0. The molecule has 0 atom stereocenters. The van der Waals surface area contributed by atoms with Crippen LogP contribution in [0, 0.1) is 0 Å². The fraction of sp³-hybridized carbons (Fsp3) is 0.571. The number of hydrogen-bond donors (Lipinski definition) is 0. The number of rotatable bonds is 11. The van der Waals surface area contributed by atoms with Crippen LogP contribution >= 0.6 is 20.2 Å². The molecule has 0 aliphatic rings. The summed E-state index contributed by atoms with van der Waals surface area (Å²) in [5, 5.41) is 0. The van der Waals surface area contributed by atoms with Crippen molar-refractivity contribution in [3.05, 3.63) is 74.8 Å². The first kappa shape index (κ1) is 37.4. The average molecular weight is 765 g/mol. The topological polar surface area (TPSA) is 0 Å². The summed E-state index contributed by atoms with van der Waals surface area (Å²) in [6.07, 6.45) is 0. The van der Waals surface area contributed by atoms with Crippen molar-refractivity contribution in [2.24, 2.45) is 0 Å². The van der Waals surface area contributed by atoms with Gasteiger partial charge in [-0.3, -0.25) is 0 Å². The van der Waals surface area contributed by atoms with Crippen LogP contribution in [0.4, 0.5) is 0 Å². The van der Waals surface area contributed by atoms with Crippen molar-refractivity contribution in [1.82, 2.24) is 0 Å². The molecule has 240 valence electrons. The fourth-order valence-corrected chi connectivity index (χ4v) is 11.1. The molecule has 0 amide bonds. The van der Waals surface area contributed by atoms with E-state index < -0.39 is 12.1 Å². The van der Waals surface area contributed by atoms with Crippen molar-refractivity contribution in [3.63, 3.8) is 0 Å². The second-order valence-electron chi connectivity index (χ2n) is 15.7. The third kappa shape index (κ3) is 7.56. The Balaban J connectivity index is 2.77. The minimum absolute atomic E-state index is 0.444. The molecule has 3 aromatic rings. The Bertz CT molecular complexity index is 1290. The van der Waals surface area contributed by atoms with Crippen molar-refractivity contribution in [2.45, 2.75) is 158 Å². The van der Waals surface area contributed by atoms with Gasteiger partial charge in [0, 0.05) is 0 Å². The van der Waals surface area contributed by atoms with Gasteiger partial charge in [-0.1, -0.05) is 0 Å². The molecule has 2 radical (unpaired) electrons.